The zero-order chi connectivity index (χ0) is 14.5. The summed E-state index contributed by atoms with van der Waals surface area (Å²) in [6.45, 7) is 3.78. The van der Waals surface area contributed by atoms with E-state index in [1.165, 1.54) is 12.1 Å². The quantitative estimate of drug-likeness (QED) is 0.801. The maximum absolute atomic E-state index is 12.0. The third kappa shape index (κ3) is 4.65. The van der Waals surface area contributed by atoms with Gasteiger partial charge in [-0.25, -0.2) is 8.42 Å². The number of hydrogen-bond donors (Lipinski definition) is 2. The summed E-state index contributed by atoms with van der Waals surface area (Å²) in [5.41, 5.74) is 0.944. The van der Waals surface area contributed by atoms with Crippen molar-refractivity contribution in [3.63, 3.8) is 0 Å². The fraction of sp³-hybridized carbons (Fsp3) is 0.462. The van der Waals surface area contributed by atoms with Gasteiger partial charge in [-0.15, -0.1) is 0 Å². The Morgan fingerprint density at radius 3 is 2.37 bits per heavy atom. The summed E-state index contributed by atoms with van der Waals surface area (Å²) in [6, 6.07) is 5.21. The second-order valence-electron chi connectivity index (χ2n) is 4.47. The molecule has 1 rings (SSSR count). The van der Waals surface area contributed by atoms with Crippen LogP contribution in [0.15, 0.2) is 29.2 Å². The van der Waals surface area contributed by atoms with Crippen LogP contribution in [0, 0.1) is 6.92 Å². The molecule has 1 aromatic rings. The minimum absolute atomic E-state index is 0.0841. The maximum Gasteiger partial charge on any atom is 0.321 e. The summed E-state index contributed by atoms with van der Waals surface area (Å²) in [5, 5.41) is 9.03. The highest BCUT2D eigenvalue weighted by atomic mass is 32.2. The van der Waals surface area contributed by atoms with Crippen molar-refractivity contribution in [3.8, 4) is 0 Å². The lowest BCUT2D eigenvalue weighted by molar-refractivity contribution is -0.139. The molecule has 0 amide bonds. The molecule has 0 spiro atoms. The summed E-state index contributed by atoms with van der Waals surface area (Å²) in [5.74, 6) is -1.15. The number of carbonyl (C=O) groups is 1. The lowest BCUT2D eigenvalue weighted by Crippen LogP contribution is -2.40. The minimum atomic E-state index is -3.78. The lowest BCUT2D eigenvalue weighted by Gasteiger charge is -2.14. The van der Waals surface area contributed by atoms with E-state index in [9.17, 15) is 13.2 Å². The predicted octanol–water partition coefficient (Wildman–Crippen LogP) is 1.92. The third-order valence-corrected chi connectivity index (χ3v) is 4.26. The number of nitrogens with one attached hydrogen (secondary N) is 1. The Bertz CT molecular complexity index is 522. The van der Waals surface area contributed by atoms with Gasteiger partial charge in [-0.1, -0.05) is 37.5 Å². The molecule has 0 unspecified atom stereocenters. The smallest absolute Gasteiger partial charge is 0.321 e. The molecule has 0 radical (unpaired) electrons. The average Bonchev–Trinajstić information content (AvgIpc) is 2.34. The molecule has 0 heterocycles. The fourth-order valence-corrected chi connectivity index (χ4v) is 2.84. The van der Waals surface area contributed by atoms with Crippen LogP contribution in [-0.4, -0.2) is 25.5 Å². The van der Waals surface area contributed by atoms with Gasteiger partial charge in [0.1, 0.15) is 6.04 Å². The summed E-state index contributed by atoms with van der Waals surface area (Å²) in [6.07, 6.45) is 1.76. The van der Waals surface area contributed by atoms with Crippen LogP contribution in [0.25, 0.3) is 0 Å². The van der Waals surface area contributed by atoms with Gasteiger partial charge in [-0.3, -0.25) is 4.79 Å². The first-order valence-electron chi connectivity index (χ1n) is 6.18. The van der Waals surface area contributed by atoms with E-state index in [1.54, 1.807) is 12.1 Å². The average molecular weight is 285 g/mol. The van der Waals surface area contributed by atoms with Crippen molar-refractivity contribution >= 4 is 16.0 Å². The predicted molar refractivity (Wildman–Crippen MR) is 72.4 cm³/mol. The first-order chi connectivity index (χ1) is 8.86. The SMILES string of the molecule is CCCC[C@H](NS(=O)(=O)c1ccc(C)cc1)C(=O)O. The molecule has 0 aliphatic rings. The number of aryl methyl sites for hydroxylation is 1. The van der Waals surface area contributed by atoms with Gasteiger partial charge in [0.05, 0.1) is 4.90 Å². The van der Waals surface area contributed by atoms with Crippen LogP contribution in [0.5, 0.6) is 0 Å². The summed E-state index contributed by atoms with van der Waals surface area (Å²) in [7, 11) is -3.78. The summed E-state index contributed by atoms with van der Waals surface area (Å²) < 4.78 is 26.3. The van der Waals surface area contributed by atoms with E-state index in [0.717, 1.165) is 12.0 Å². The van der Waals surface area contributed by atoms with Gasteiger partial charge in [0.25, 0.3) is 0 Å². The van der Waals surface area contributed by atoms with Crippen LogP contribution in [0.4, 0.5) is 0 Å². The molecule has 0 saturated heterocycles. The fourth-order valence-electron chi connectivity index (χ4n) is 1.61. The van der Waals surface area contributed by atoms with Crippen molar-refractivity contribution in [2.45, 2.75) is 44.0 Å². The molecule has 0 aromatic heterocycles. The van der Waals surface area contributed by atoms with Crippen molar-refractivity contribution in [3.05, 3.63) is 29.8 Å². The molecule has 2 N–H and O–H groups in total. The molecule has 0 bridgehead atoms. The zero-order valence-corrected chi connectivity index (χ0v) is 11.9. The van der Waals surface area contributed by atoms with Crippen LogP contribution in [0.2, 0.25) is 0 Å². The van der Waals surface area contributed by atoms with E-state index in [0.29, 0.717) is 6.42 Å². The second-order valence-corrected chi connectivity index (χ2v) is 6.18. The summed E-state index contributed by atoms with van der Waals surface area (Å²) in [4.78, 5) is 11.1. The largest absolute Gasteiger partial charge is 0.480 e. The van der Waals surface area contributed by atoms with Crippen LogP contribution < -0.4 is 4.72 Å². The molecule has 6 heteroatoms. The van der Waals surface area contributed by atoms with Crippen molar-refractivity contribution in [2.24, 2.45) is 0 Å². The van der Waals surface area contributed by atoms with Gasteiger partial charge in [0.2, 0.25) is 10.0 Å². The van der Waals surface area contributed by atoms with Gasteiger partial charge in [-0.2, -0.15) is 4.72 Å². The number of hydrogen-bond acceptors (Lipinski definition) is 3. The van der Waals surface area contributed by atoms with E-state index in [4.69, 9.17) is 5.11 Å². The van der Waals surface area contributed by atoms with Crippen LogP contribution in [0.3, 0.4) is 0 Å². The van der Waals surface area contributed by atoms with E-state index >= 15 is 0 Å². The van der Waals surface area contributed by atoms with Gasteiger partial charge in [-0.05, 0) is 25.5 Å². The Labute approximate surface area is 113 Å². The highest BCUT2D eigenvalue weighted by Gasteiger charge is 2.24. The molecule has 1 atom stereocenters. The number of aliphatic carboxylic acids is 1. The van der Waals surface area contributed by atoms with Gasteiger partial charge >= 0.3 is 5.97 Å². The Balaban J connectivity index is 2.87. The molecule has 0 aliphatic heterocycles. The number of rotatable bonds is 7. The van der Waals surface area contributed by atoms with E-state index in [2.05, 4.69) is 4.72 Å². The standard InChI is InChI=1S/C13H19NO4S/c1-3-4-5-12(13(15)16)14-19(17,18)11-8-6-10(2)7-9-11/h6-9,12,14H,3-5H2,1-2H3,(H,15,16)/t12-/m0/s1. The topological polar surface area (TPSA) is 83.5 Å². The molecule has 106 valence electrons. The molecule has 1 aromatic carbocycles. The molecular weight excluding hydrogens is 266 g/mol. The van der Waals surface area contributed by atoms with E-state index in [-0.39, 0.29) is 11.3 Å². The third-order valence-electron chi connectivity index (χ3n) is 2.77. The van der Waals surface area contributed by atoms with Crippen LogP contribution in [-0.2, 0) is 14.8 Å². The Morgan fingerprint density at radius 1 is 1.32 bits per heavy atom. The van der Waals surface area contributed by atoms with Crippen LogP contribution in [0.1, 0.15) is 31.7 Å². The highest BCUT2D eigenvalue weighted by molar-refractivity contribution is 7.89. The second kappa shape index (κ2) is 6.68. The summed E-state index contributed by atoms with van der Waals surface area (Å²) >= 11 is 0. The maximum atomic E-state index is 12.0. The molecule has 0 fully saturated rings. The van der Waals surface area contributed by atoms with Gasteiger partial charge in [0, 0.05) is 0 Å². The highest BCUT2D eigenvalue weighted by Crippen LogP contribution is 2.12. The molecule has 0 saturated carbocycles. The molecular formula is C13H19NO4S. The Kier molecular flexibility index (Phi) is 5.50. The number of carboxylic acid groups (broad SMARTS) is 1. The Hall–Kier alpha value is -1.40. The van der Waals surface area contributed by atoms with Crippen molar-refractivity contribution in [1.82, 2.24) is 4.72 Å². The van der Waals surface area contributed by atoms with Gasteiger partial charge < -0.3 is 5.11 Å². The van der Waals surface area contributed by atoms with E-state index < -0.39 is 22.0 Å². The number of sulfonamides is 1. The first kappa shape index (κ1) is 15.7. The minimum Gasteiger partial charge on any atom is -0.480 e. The van der Waals surface area contributed by atoms with Gasteiger partial charge in [0.15, 0.2) is 0 Å². The first-order valence-corrected chi connectivity index (χ1v) is 7.67. The number of benzene rings is 1. The molecule has 19 heavy (non-hydrogen) atoms. The number of carboxylic acids is 1. The van der Waals surface area contributed by atoms with Crippen molar-refractivity contribution in [2.75, 3.05) is 0 Å². The lowest BCUT2D eigenvalue weighted by atomic mass is 10.1. The Morgan fingerprint density at radius 2 is 1.89 bits per heavy atom. The normalized spacial score (nSPS) is 13.2. The van der Waals surface area contributed by atoms with Crippen LogP contribution >= 0.6 is 0 Å². The zero-order valence-electron chi connectivity index (χ0n) is 11.1. The monoisotopic (exact) mass is 285 g/mol. The molecule has 5 nitrogen and oxygen atoms in total. The van der Waals surface area contributed by atoms with Crippen molar-refractivity contribution < 1.29 is 18.3 Å². The van der Waals surface area contributed by atoms with Crippen molar-refractivity contribution in [1.29, 1.82) is 0 Å². The number of unbranched alkanes of at least 4 members (excludes halogenated alkanes) is 1. The van der Waals surface area contributed by atoms with E-state index in [1.807, 2.05) is 13.8 Å². The molecule has 0 aliphatic carbocycles.